The van der Waals surface area contributed by atoms with Crippen molar-refractivity contribution < 1.29 is 17.9 Å². The molecule has 0 amide bonds. The van der Waals surface area contributed by atoms with Crippen molar-refractivity contribution in [3.63, 3.8) is 0 Å². The summed E-state index contributed by atoms with van der Waals surface area (Å²) in [6.45, 7) is 5.26. The van der Waals surface area contributed by atoms with Gasteiger partial charge >= 0.3 is 0 Å². The van der Waals surface area contributed by atoms with Crippen LogP contribution in [0.5, 0.6) is 0 Å². The molecule has 1 aromatic rings. The average molecular weight is 289 g/mol. The Morgan fingerprint density at radius 2 is 1.95 bits per heavy atom. The predicted octanol–water partition coefficient (Wildman–Crippen LogP) is 1.90. The van der Waals surface area contributed by atoms with Crippen LogP contribution >= 0.6 is 0 Å². The largest absolute Gasteiger partial charge is 0.389 e. The Hall–Kier alpha value is -0.980. The number of halogens is 1. The van der Waals surface area contributed by atoms with Crippen molar-refractivity contribution in [2.24, 2.45) is 5.92 Å². The Bertz CT molecular complexity index is 526. The van der Waals surface area contributed by atoms with E-state index in [0.29, 0.717) is 6.42 Å². The standard InChI is InChI=1S/C13H20FNO3S/c1-10(2)8-13(3,16)9-15-19(17,18)12-7-5-4-6-11(12)14/h4-7,10,15-16H,8-9H2,1-3H3. The van der Waals surface area contributed by atoms with Crippen LogP contribution in [0.3, 0.4) is 0 Å². The molecule has 0 aliphatic carbocycles. The highest BCUT2D eigenvalue weighted by molar-refractivity contribution is 7.89. The summed E-state index contributed by atoms with van der Waals surface area (Å²) in [5, 5.41) is 10.0. The van der Waals surface area contributed by atoms with Crippen LogP contribution in [-0.2, 0) is 10.0 Å². The molecule has 0 bridgehead atoms. The van der Waals surface area contributed by atoms with Gasteiger partial charge in [0.2, 0.25) is 10.0 Å². The Labute approximate surface area is 113 Å². The number of benzene rings is 1. The van der Waals surface area contributed by atoms with Gasteiger partial charge in [-0.3, -0.25) is 0 Å². The van der Waals surface area contributed by atoms with Gasteiger partial charge in [-0.1, -0.05) is 26.0 Å². The van der Waals surface area contributed by atoms with E-state index in [4.69, 9.17) is 0 Å². The van der Waals surface area contributed by atoms with E-state index in [1.54, 1.807) is 6.92 Å². The molecule has 0 aliphatic heterocycles. The van der Waals surface area contributed by atoms with Crippen molar-refractivity contribution >= 4 is 10.0 Å². The maximum atomic E-state index is 13.4. The van der Waals surface area contributed by atoms with E-state index in [0.717, 1.165) is 6.07 Å². The summed E-state index contributed by atoms with van der Waals surface area (Å²) in [6.07, 6.45) is 0.451. The molecule has 0 heterocycles. The summed E-state index contributed by atoms with van der Waals surface area (Å²) in [5.74, 6) is -0.577. The van der Waals surface area contributed by atoms with Gasteiger partial charge in [0.05, 0.1) is 5.60 Å². The minimum Gasteiger partial charge on any atom is -0.389 e. The number of hydrogen-bond acceptors (Lipinski definition) is 3. The molecule has 108 valence electrons. The van der Waals surface area contributed by atoms with Crippen molar-refractivity contribution in [2.75, 3.05) is 6.54 Å². The zero-order valence-electron chi connectivity index (χ0n) is 11.4. The molecule has 2 N–H and O–H groups in total. The molecule has 0 aromatic heterocycles. The summed E-state index contributed by atoms with van der Waals surface area (Å²) in [4.78, 5) is -0.407. The van der Waals surface area contributed by atoms with Crippen molar-refractivity contribution in [3.05, 3.63) is 30.1 Å². The Morgan fingerprint density at radius 3 is 2.47 bits per heavy atom. The Balaban J connectivity index is 2.80. The summed E-state index contributed by atoms with van der Waals surface area (Å²) in [5.41, 5.74) is -1.16. The fraction of sp³-hybridized carbons (Fsp3) is 0.538. The number of hydrogen-bond donors (Lipinski definition) is 2. The molecular weight excluding hydrogens is 269 g/mol. The first-order valence-electron chi connectivity index (χ1n) is 6.11. The van der Waals surface area contributed by atoms with Crippen LogP contribution < -0.4 is 4.72 Å². The van der Waals surface area contributed by atoms with E-state index in [1.807, 2.05) is 13.8 Å². The topological polar surface area (TPSA) is 66.4 Å². The van der Waals surface area contributed by atoms with Crippen LogP contribution in [0.4, 0.5) is 4.39 Å². The lowest BCUT2D eigenvalue weighted by Gasteiger charge is -2.25. The molecule has 6 heteroatoms. The van der Waals surface area contributed by atoms with E-state index < -0.39 is 26.3 Å². The van der Waals surface area contributed by atoms with E-state index in [1.165, 1.54) is 18.2 Å². The smallest absolute Gasteiger partial charge is 0.243 e. The number of rotatable bonds is 6. The number of aliphatic hydroxyl groups is 1. The second-order valence-corrected chi connectivity index (χ2v) is 7.09. The molecular formula is C13H20FNO3S. The second-order valence-electron chi connectivity index (χ2n) is 5.35. The monoisotopic (exact) mass is 289 g/mol. The van der Waals surface area contributed by atoms with Gasteiger partial charge in [-0.25, -0.2) is 17.5 Å². The fourth-order valence-electron chi connectivity index (χ4n) is 1.94. The summed E-state index contributed by atoms with van der Waals surface area (Å²) in [6, 6.07) is 5.14. The minimum absolute atomic E-state index is 0.151. The first-order valence-corrected chi connectivity index (χ1v) is 7.59. The minimum atomic E-state index is -3.94. The molecule has 4 nitrogen and oxygen atoms in total. The first-order chi connectivity index (χ1) is 8.64. The quantitative estimate of drug-likeness (QED) is 0.840. The van der Waals surface area contributed by atoms with Crippen molar-refractivity contribution in [1.29, 1.82) is 0 Å². The lowest BCUT2D eigenvalue weighted by molar-refractivity contribution is 0.0436. The highest BCUT2D eigenvalue weighted by Crippen LogP contribution is 2.17. The molecule has 1 atom stereocenters. The molecule has 19 heavy (non-hydrogen) atoms. The van der Waals surface area contributed by atoms with Gasteiger partial charge in [0.1, 0.15) is 10.7 Å². The summed E-state index contributed by atoms with van der Waals surface area (Å²) >= 11 is 0. The molecule has 0 aliphatic rings. The second kappa shape index (κ2) is 5.98. The summed E-state index contributed by atoms with van der Waals surface area (Å²) < 4.78 is 39.5. The number of sulfonamides is 1. The van der Waals surface area contributed by atoms with E-state index in [9.17, 15) is 17.9 Å². The van der Waals surface area contributed by atoms with Gasteiger partial charge in [0, 0.05) is 6.54 Å². The van der Waals surface area contributed by atoms with E-state index >= 15 is 0 Å². The van der Waals surface area contributed by atoms with Crippen molar-refractivity contribution in [3.8, 4) is 0 Å². The van der Waals surface area contributed by atoms with Gasteiger partial charge in [0.25, 0.3) is 0 Å². The van der Waals surface area contributed by atoms with Crippen molar-refractivity contribution in [1.82, 2.24) is 4.72 Å². The maximum absolute atomic E-state index is 13.4. The Kier molecular flexibility index (Phi) is 5.06. The third kappa shape index (κ3) is 4.89. The lowest BCUT2D eigenvalue weighted by Crippen LogP contribution is -2.41. The molecule has 0 fully saturated rings. The van der Waals surface area contributed by atoms with Gasteiger partial charge in [0.15, 0.2) is 0 Å². The molecule has 1 rings (SSSR count). The van der Waals surface area contributed by atoms with Crippen LogP contribution in [-0.4, -0.2) is 25.7 Å². The van der Waals surface area contributed by atoms with Crippen LogP contribution in [0.25, 0.3) is 0 Å². The molecule has 1 aromatic carbocycles. The highest BCUT2D eigenvalue weighted by atomic mass is 32.2. The van der Waals surface area contributed by atoms with Gasteiger partial charge in [-0.15, -0.1) is 0 Å². The van der Waals surface area contributed by atoms with E-state index in [2.05, 4.69) is 4.72 Å². The van der Waals surface area contributed by atoms with Gasteiger partial charge in [-0.05, 0) is 31.4 Å². The maximum Gasteiger partial charge on any atom is 0.243 e. The van der Waals surface area contributed by atoms with Crippen LogP contribution in [0.15, 0.2) is 29.2 Å². The molecule has 0 saturated heterocycles. The fourth-order valence-corrected chi connectivity index (χ4v) is 3.18. The normalized spacial score (nSPS) is 15.5. The van der Waals surface area contributed by atoms with E-state index in [-0.39, 0.29) is 12.5 Å². The SMILES string of the molecule is CC(C)CC(C)(O)CNS(=O)(=O)c1ccccc1F. The zero-order chi connectivity index (χ0) is 14.7. The zero-order valence-corrected chi connectivity index (χ0v) is 12.2. The predicted molar refractivity (Wildman–Crippen MR) is 71.7 cm³/mol. The van der Waals surface area contributed by atoms with Gasteiger partial charge in [-0.2, -0.15) is 0 Å². The van der Waals surface area contributed by atoms with Crippen LogP contribution in [0, 0.1) is 11.7 Å². The highest BCUT2D eigenvalue weighted by Gasteiger charge is 2.26. The molecule has 1 unspecified atom stereocenters. The molecule has 0 radical (unpaired) electrons. The van der Waals surface area contributed by atoms with Crippen LogP contribution in [0.1, 0.15) is 27.2 Å². The summed E-state index contributed by atoms with van der Waals surface area (Å²) in [7, 11) is -3.94. The van der Waals surface area contributed by atoms with Crippen molar-refractivity contribution in [2.45, 2.75) is 37.7 Å². The van der Waals surface area contributed by atoms with Gasteiger partial charge < -0.3 is 5.11 Å². The molecule has 0 spiro atoms. The third-order valence-corrected chi connectivity index (χ3v) is 4.05. The third-order valence-electron chi connectivity index (χ3n) is 2.62. The first kappa shape index (κ1) is 16.1. The average Bonchev–Trinajstić information content (AvgIpc) is 2.25. The number of nitrogens with one attached hydrogen (secondary N) is 1. The molecule has 0 saturated carbocycles. The Morgan fingerprint density at radius 1 is 1.37 bits per heavy atom. The lowest BCUT2D eigenvalue weighted by atomic mass is 9.95. The van der Waals surface area contributed by atoms with Crippen LogP contribution in [0.2, 0.25) is 0 Å².